The van der Waals surface area contributed by atoms with Crippen LogP contribution in [-0.2, 0) is 9.59 Å². The predicted octanol–water partition coefficient (Wildman–Crippen LogP) is 2.44. The van der Waals surface area contributed by atoms with E-state index in [4.69, 9.17) is 5.11 Å². The standard InChI is InChI=1S/C14H18N2O5S/c1-9(3-8-13(17)18)15-14(19)10(2)22-12-6-4-11(5-7-12)16(20)21/h4-7,9-10H,3,8H2,1-2H3,(H,15,19)(H,17,18). The number of benzene rings is 1. The van der Waals surface area contributed by atoms with E-state index >= 15 is 0 Å². The summed E-state index contributed by atoms with van der Waals surface area (Å²) in [4.78, 5) is 33.3. The molecule has 2 atom stereocenters. The highest BCUT2D eigenvalue weighted by atomic mass is 32.2. The second-order valence-corrected chi connectivity index (χ2v) is 6.27. The van der Waals surface area contributed by atoms with Gasteiger partial charge in [-0.15, -0.1) is 11.8 Å². The molecule has 22 heavy (non-hydrogen) atoms. The molecule has 0 radical (unpaired) electrons. The van der Waals surface area contributed by atoms with Crippen LogP contribution in [0.5, 0.6) is 0 Å². The molecule has 1 aromatic rings. The molecule has 0 spiro atoms. The third-order valence-electron chi connectivity index (χ3n) is 2.91. The first kappa shape index (κ1) is 18.0. The number of non-ortho nitro benzene ring substituents is 1. The summed E-state index contributed by atoms with van der Waals surface area (Å²) < 4.78 is 0. The van der Waals surface area contributed by atoms with Crippen molar-refractivity contribution >= 4 is 29.3 Å². The van der Waals surface area contributed by atoms with Crippen molar-refractivity contribution in [3.63, 3.8) is 0 Å². The zero-order valence-electron chi connectivity index (χ0n) is 12.3. The number of nitro groups is 1. The van der Waals surface area contributed by atoms with Crippen LogP contribution < -0.4 is 5.32 Å². The van der Waals surface area contributed by atoms with Gasteiger partial charge >= 0.3 is 5.97 Å². The number of carboxylic acids is 1. The van der Waals surface area contributed by atoms with Gasteiger partial charge in [0.05, 0.1) is 10.2 Å². The Hall–Kier alpha value is -2.09. The minimum Gasteiger partial charge on any atom is -0.481 e. The van der Waals surface area contributed by atoms with E-state index < -0.39 is 10.9 Å². The third-order valence-corrected chi connectivity index (χ3v) is 4.02. The number of nitro benzene ring substituents is 1. The van der Waals surface area contributed by atoms with Crippen LogP contribution in [0.4, 0.5) is 5.69 Å². The van der Waals surface area contributed by atoms with Gasteiger partial charge in [0, 0.05) is 29.5 Å². The van der Waals surface area contributed by atoms with Crippen LogP contribution in [0, 0.1) is 10.1 Å². The van der Waals surface area contributed by atoms with Gasteiger partial charge in [-0.3, -0.25) is 19.7 Å². The minimum atomic E-state index is -0.894. The van der Waals surface area contributed by atoms with Gasteiger partial charge in [-0.25, -0.2) is 0 Å². The Labute approximate surface area is 132 Å². The lowest BCUT2D eigenvalue weighted by atomic mass is 10.2. The number of nitrogens with one attached hydrogen (secondary N) is 1. The van der Waals surface area contributed by atoms with E-state index in [1.54, 1.807) is 26.0 Å². The zero-order valence-corrected chi connectivity index (χ0v) is 13.1. The number of amides is 1. The lowest BCUT2D eigenvalue weighted by Crippen LogP contribution is -2.37. The minimum absolute atomic E-state index is 0.00347. The molecule has 0 heterocycles. The molecule has 0 bridgehead atoms. The van der Waals surface area contributed by atoms with Crippen LogP contribution in [-0.4, -0.2) is 33.2 Å². The fraction of sp³-hybridized carbons (Fsp3) is 0.429. The molecule has 120 valence electrons. The van der Waals surface area contributed by atoms with E-state index in [2.05, 4.69) is 5.32 Å². The number of hydrogen-bond donors (Lipinski definition) is 2. The second-order valence-electron chi connectivity index (χ2n) is 4.85. The highest BCUT2D eigenvalue weighted by Crippen LogP contribution is 2.25. The molecule has 0 saturated heterocycles. The number of hydrogen-bond acceptors (Lipinski definition) is 5. The molecule has 0 aliphatic heterocycles. The Morgan fingerprint density at radius 3 is 2.41 bits per heavy atom. The second kappa shape index (κ2) is 8.38. The molecule has 1 aromatic carbocycles. The van der Waals surface area contributed by atoms with E-state index in [-0.39, 0.29) is 29.3 Å². The first-order chi connectivity index (χ1) is 10.3. The van der Waals surface area contributed by atoms with Gasteiger partial charge in [0.2, 0.25) is 5.91 Å². The van der Waals surface area contributed by atoms with Crippen molar-refractivity contribution in [3.8, 4) is 0 Å². The summed E-state index contributed by atoms with van der Waals surface area (Å²) in [7, 11) is 0. The number of rotatable bonds is 8. The van der Waals surface area contributed by atoms with E-state index in [9.17, 15) is 19.7 Å². The van der Waals surface area contributed by atoms with Gasteiger partial charge in [-0.2, -0.15) is 0 Å². The summed E-state index contributed by atoms with van der Waals surface area (Å²) in [6, 6.07) is 5.76. The number of thioether (sulfide) groups is 1. The zero-order chi connectivity index (χ0) is 16.7. The molecule has 2 N–H and O–H groups in total. The van der Waals surface area contributed by atoms with Crippen molar-refractivity contribution in [3.05, 3.63) is 34.4 Å². The SMILES string of the molecule is CC(CCC(=O)O)NC(=O)C(C)Sc1ccc([N+](=O)[O-])cc1. The smallest absolute Gasteiger partial charge is 0.303 e. The first-order valence-electron chi connectivity index (χ1n) is 6.73. The maximum atomic E-state index is 12.0. The number of nitrogens with zero attached hydrogens (tertiary/aromatic N) is 1. The Morgan fingerprint density at radius 2 is 1.91 bits per heavy atom. The summed E-state index contributed by atoms with van der Waals surface area (Å²) >= 11 is 1.29. The van der Waals surface area contributed by atoms with Gasteiger partial charge in [0.25, 0.3) is 5.69 Å². The fourth-order valence-electron chi connectivity index (χ4n) is 1.68. The molecular weight excluding hydrogens is 308 g/mol. The first-order valence-corrected chi connectivity index (χ1v) is 7.61. The number of aliphatic carboxylic acids is 1. The van der Waals surface area contributed by atoms with E-state index in [0.717, 1.165) is 4.90 Å². The van der Waals surface area contributed by atoms with Gasteiger partial charge in [-0.05, 0) is 32.4 Å². The van der Waals surface area contributed by atoms with Gasteiger partial charge in [-0.1, -0.05) is 0 Å². The van der Waals surface area contributed by atoms with Crippen LogP contribution >= 0.6 is 11.8 Å². The van der Waals surface area contributed by atoms with Crippen molar-refractivity contribution in [1.29, 1.82) is 0 Å². The molecule has 0 fully saturated rings. The fourth-order valence-corrected chi connectivity index (χ4v) is 2.55. The van der Waals surface area contributed by atoms with Gasteiger partial charge < -0.3 is 10.4 Å². The highest BCUT2D eigenvalue weighted by molar-refractivity contribution is 8.00. The summed E-state index contributed by atoms with van der Waals surface area (Å²) in [5, 5.41) is 21.5. The summed E-state index contributed by atoms with van der Waals surface area (Å²) in [5.41, 5.74) is 0.00347. The van der Waals surface area contributed by atoms with Crippen molar-refractivity contribution in [2.45, 2.75) is 42.9 Å². The van der Waals surface area contributed by atoms with Gasteiger partial charge in [0.15, 0.2) is 0 Å². The van der Waals surface area contributed by atoms with Crippen LogP contribution in [0.3, 0.4) is 0 Å². The highest BCUT2D eigenvalue weighted by Gasteiger charge is 2.17. The van der Waals surface area contributed by atoms with Crippen molar-refractivity contribution < 1.29 is 19.6 Å². The van der Waals surface area contributed by atoms with Crippen LogP contribution in [0.25, 0.3) is 0 Å². The lowest BCUT2D eigenvalue weighted by Gasteiger charge is -2.16. The molecule has 8 heteroatoms. The maximum Gasteiger partial charge on any atom is 0.303 e. The van der Waals surface area contributed by atoms with Gasteiger partial charge in [0.1, 0.15) is 0 Å². The Kier molecular flexibility index (Phi) is 6.84. The molecule has 0 saturated carbocycles. The van der Waals surface area contributed by atoms with Crippen molar-refractivity contribution in [1.82, 2.24) is 5.32 Å². The van der Waals surface area contributed by atoms with Crippen LogP contribution in [0.15, 0.2) is 29.2 Å². The lowest BCUT2D eigenvalue weighted by molar-refractivity contribution is -0.384. The largest absolute Gasteiger partial charge is 0.481 e. The normalized spacial score (nSPS) is 13.2. The van der Waals surface area contributed by atoms with E-state index in [1.165, 1.54) is 23.9 Å². The molecule has 2 unspecified atom stereocenters. The van der Waals surface area contributed by atoms with Crippen LogP contribution in [0.2, 0.25) is 0 Å². The molecule has 1 amide bonds. The molecule has 1 rings (SSSR count). The monoisotopic (exact) mass is 326 g/mol. The molecule has 0 aromatic heterocycles. The molecule has 0 aliphatic rings. The average Bonchev–Trinajstić information content (AvgIpc) is 2.45. The third kappa shape index (κ3) is 6.13. The predicted molar refractivity (Wildman–Crippen MR) is 82.9 cm³/mol. The number of carbonyl (C=O) groups excluding carboxylic acids is 1. The Morgan fingerprint density at radius 1 is 1.32 bits per heavy atom. The van der Waals surface area contributed by atoms with Crippen molar-refractivity contribution in [2.24, 2.45) is 0 Å². The number of carbonyl (C=O) groups is 2. The molecular formula is C14H18N2O5S. The number of carboxylic acid groups (broad SMARTS) is 1. The van der Waals surface area contributed by atoms with E-state index in [1.807, 2.05) is 0 Å². The molecule has 0 aliphatic carbocycles. The summed E-state index contributed by atoms with van der Waals surface area (Å²) in [5.74, 6) is -1.09. The Bertz CT molecular complexity index is 547. The Balaban J connectivity index is 2.49. The summed E-state index contributed by atoms with van der Waals surface area (Å²) in [6.45, 7) is 3.48. The summed E-state index contributed by atoms with van der Waals surface area (Å²) in [6.07, 6.45) is 0.376. The molecule has 7 nitrogen and oxygen atoms in total. The van der Waals surface area contributed by atoms with Crippen molar-refractivity contribution in [2.75, 3.05) is 0 Å². The van der Waals surface area contributed by atoms with Crippen LogP contribution in [0.1, 0.15) is 26.7 Å². The van der Waals surface area contributed by atoms with E-state index in [0.29, 0.717) is 6.42 Å². The topological polar surface area (TPSA) is 110 Å². The quantitative estimate of drug-likeness (QED) is 0.431. The average molecular weight is 326 g/mol. The maximum absolute atomic E-state index is 12.0.